The summed E-state index contributed by atoms with van der Waals surface area (Å²) in [6, 6.07) is 15.3. The first-order chi connectivity index (χ1) is 14.1. The molecule has 0 unspecified atom stereocenters. The molecule has 0 radical (unpaired) electrons. The summed E-state index contributed by atoms with van der Waals surface area (Å²) in [6.07, 6.45) is 3.77. The molecule has 0 bridgehead atoms. The molecule has 7 heteroatoms. The highest BCUT2D eigenvalue weighted by atomic mass is 16.5. The molecule has 0 aliphatic carbocycles. The second kappa shape index (κ2) is 6.63. The van der Waals surface area contributed by atoms with Gasteiger partial charge in [0.15, 0.2) is 5.69 Å². The van der Waals surface area contributed by atoms with Crippen LogP contribution in [0.3, 0.4) is 0 Å². The van der Waals surface area contributed by atoms with Crippen LogP contribution < -0.4 is 9.64 Å². The van der Waals surface area contributed by atoms with Crippen molar-refractivity contribution in [1.29, 1.82) is 0 Å². The number of pyridine rings is 1. The molecule has 144 valence electrons. The van der Waals surface area contributed by atoms with Gasteiger partial charge in [0.1, 0.15) is 18.2 Å². The SMILES string of the molecule is Cn1cc(-c2ccc3c(c2)OCCN3c2nc(C(=O)O)cc3ccccc23)cn1. The molecule has 0 atom stereocenters. The molecule has 1 aliphatic rings. The molecular weight excluding hydrogens is 368 g/mol. The number of nitrogens with zero attached hydrogens (tertiary/aromatic N) is 4. The minimum absolute atomic E-state index is 0.0266. The maximum atomic E-state index is 11.6. The van der Waals surface area contributed by atoms with Crippen molar-refractivity contribution >= 4 is 28.2 Å². The molecule has 7 nitrogen and oxygen atoms in total. The van der Waals surface area contributed by atoms with Crippen molar-refractivity contribution in [2.45, 2.75) is 0 Å². The highest BCUT2D eigenvalue weighted by Crippen LogP contribution is 2.40. The van der Waals surface area contributed by atoms with Crippen LogP contribution in [0.4, 0.5) is 11.5 Å². The minimum Gasteiger partial charge on any atom is -0.490 e. The van der Waals surface area contributed by atoms with E-state index in [-0.39, 0.29) is 5.69 Å². The summed E-state index contributed by atoms with van der Waals surface area (Å²) in [5, 5.41) is 15.5. The van der Waals surface area contributed by atoms with Crippen LogP contribution in [0.5, 0.6) is 5.75 Å². The van der Waals surface area contributed by atoms with E-state index < -0.39 is 5.97 Å². The summed E-state index contributed by atoms with van der Waals surface area (Å²) >= 11 is 0. The number of aromatic carboxylic acids is 1. The Hall–Kier alpha value is -3.87. The third kappa shape index (κ3) is 2.97. The number of benzene rings is 2. The minimum atomic E-state index is -1.04. The normalized spacial score (nSPS) is 13.2. The van der Waals surface area contributed by atoms with Crippen LogP contribution in [0, 0.1) is 0 Å². The Labute approximate surface area is 166 Å². The Kier molecular flexibility index (Phi) is 3.94. The molecule has 4 aromatic rings. The average molecular weight is 386 g/mol. The van der Waals surface area contributed by atoms with E-state index in [9.17, 15) is 9.90 Å². The van der Waals surface area contributed by atoms with Crippen molar-refractivity contribution < 1.29 is 14.6 Å². The molecule has 2 aromatic heterocycles. The Morgan fingerprint density at radius 3 is 2.79 bits per heavy atom. The largest absolute Gasteiger partial charge is 0.490 e. The average Bonchev–Trinajstić information content (AvgIpc) is 3.18. The zero-order valence-corrected chi connectivity index (χ0v) is 15.7. The smallest absolute Gasteiger partial charge is 0.354 e. The van der Waals surface area contributed by atoms with Gasteiger partial charge in [-0.1, -0.05) is 30.3 Å². The van der Waals surface area contributed by atoms with Crippen LogP contribution in [-0.2, 0) is 7.05 Å². The molecule has 0 saturated carbocycles. The number of rotatable bonds is 3. The van der Waals surface area contributed by atoms with Gasteiger partial charge in [-0.15, -0.1) is 0 Å². The van der Waals surface area contributed by atoms with Gasteiger partial charge < -0.3 is 14.7 Å². The second-order valence-electron chi connectivity index (χ2n) is 6.94. The zero-order chi connectivity index (χ0) is 20.0. The predicted molar refractivity (Wildman–Crippen MR) is 110 cm³/mol. The number of aryl methyl sites for hydroxylation is 1. The van der Waals surface area contributed by atoms with Crippen molar-refractivity contribution in [3.63, 3.8) is 0 Å². The Morgan fingerprint density at radius 1 is 1.14 bits per heavy atom. The van der Waals surface area contributed by atoms with Gasteiger partial charge in [0.05, 0.1) is 18.4 Å². The third-order valence-electron chi connectivity index (χ3n) is 5.06. The Morgan fingerprint density at radius 2 is 2.00 bits per heavy atom. The molecule has 3 heterocycles. The number of carboxylic acids is 1. The monoisotopic (exact) mass is 386 g/mol. The van der Waals surface area contributed by atoms with Gasteiger partial charge in [-0.2, -0.15) is 5.10 Å². The molecule has 0 spiro atoms. The van der Waals surface area contributed by atoms with E-state index in [0.717, 1.165) is 33.3 Å². The van der Waals surface area contributed by atoms with Gasteiger partial charge >= 0.3 is 5.97 Å². The summed E-state index contributed by atoms with van der Waals surface area (Å²) < 4.78 is 7.68. The van der Waals surface area contributed by atoms with Crippen LogP contribution in [0.25, 0.3) is 21.9 Å². The summed E-state index contributed by atoms with van der Waals surface area (Å²) in [5.74, 6) is 0.320. The lowest BCUT2D eigenvalue weighted by atomic mass is 10.1. The fraction of sp³-hybridized carbons (Fsp3) is 0.136. The first-order valence-electron chi connectivity index (χ1n) is 9.26. The maximum absolute atomic E-state index is 11.6. The van der Waals surface area contributed by atoms with E-state index in [1.807, 2.05) is 66.8 Å². The van der Waals surface area contributed by atoms with E-state index >= 15 is 0 Å². The lowest BCUT2D eigenvalue weighted by Crippen LogP contribution is -2.29. The first kappa shape index (κ1) is 17.2. The topological polar surface area (TPSA) is 80.5 Å². The van der Waals surface area contributed by atoms with E-state index in [0.29, 0.717) is 19.0 Å². The van der Waals surface area contributed by atoms with Crippen LogP contribution in [0.15, 0.2) is 60.9 Å². The highest BCUT2D eigenvalue weighted by molar-refractivity contribution is 5.99. The van der Waals surface area contributed by atoms with Crippen molar-refractivity contribution in [3.8, 4) is 16.9 Å². The predicted octanol–water partition coefficient (Wildman–Crippen LogP) is 3.86. The van der Waals surface area contributed by atoms with Gasteiger partial charge in [0.2, 0.25) is 0 Å². The molecule has 29 heavy (non-hydrogen) atoms. The summed E-state index contributed by atoms with van der Waals surface area (Å²) in [5.41, 5.74) is 2.91. The summed E-state index contributed by atoms with van der Waals surface area (Å²) in [7, 11) is 1.88. The molecule has 1 N–H and O–H groups in total. The number of carbonyl (C=O) groups is 1. The summed E-state index contributed by atoms with van der Waals surface area (Å²) in [6.45, 7) is 1.07. The van der Waals surface area contributed by atoms with Crippen LogP contribution in [0.1, 0.15) is 10.5 Å². The van der Waals surface area contributed by atoms with Crippen molar-refractivity contribution in [3.05, 3.63) is 66.6 Å². The van der Waals surface area contributed by atoms with Gasteiger partial charge in [-0.25, -0.2) is 9.78 Å². The van der Waals surface area contributed by atoms with Crippen molar-refractivity contribution in [2.24, 2.45) is 7.05 Å². The molecule has 0 fully saturated rings. The van der Waals surface area contributed by atoms with E-state index in [1.165, 1.54) is 0 Å². The van der Waals surface area contributed by atoms with Gasteiger partial charge in [-0.05, 0) is 29.1 Å². The standard InChI is InChI=1S/C22H18N4O3/c1-25-13-16(12-23-25)14-6-7-19-20(11-14)29-9-8-26(19)21-17-5-3-2-4-15(17)10-18(24-21)22(27)28/h2-7,10-13H,8-9H2,1H3,(H,27,28). The fourth-order valence-corrected chi connectivity index (χ4v) is 3.69. The highest BCUT2D eigenvalue weighted by Gasteiger charge is 2.24. The third-order valence-corrected chi connectivity index (χ3v) is 5.06. The van der Waals surface area contributed by atoms with Crippen molar-refractivity contribution in [2.75, 3.05) is 18.1 Å². The number of anilines is 2. The number of fused-ring (bicyclic) bond motifs is 2. The number of ether oxygens (including phenoxy) is 1. The Balaban J connectivity index is 1.65. The molecular formula is C22H18N4O3. The lowest BCUT2D eigenvalue weighted by Gasteiger charge is -2.31. The second-order valence-corrected chi connectivity index (χ2v) is 6.94. The number of aromatic nitrogens is 3. The fourth-order valence-electron chi connectivity index (χ4n) is 3.69. The van der Waals surface area contributed by atoms with Gasteiger partial charge in [0.25, 0.3) is 0 Å². The number of carboxylic acid groups (broad SMARTS) is 1. The van der Waals surface area contributed by atoms with Crippen LogP contribution in [-0.4, -0.2) is 39.0 Å². The van der Waals surface area contributed by atoms with Crippen molar-refractivity contribution in [1.82, 2.24) is 14.8 Å². The number of hydrogen-bond donors (Lipinski definition) is 1. The van der Waals surface area contributed by atoms with E-state index in [4.69, 9.17) is 4.74 Å². The quantitative estimate of drug-likeness (QED) is 0.576. The summed E-state index contributed by atoms with van der Waals surface area (Å²) in [4.78, 5) is 18.1. The van der Waals surface area contributed by atoms with E-state index in [2.05, 4.69) is 10.1 Å². The van der Waals surface area contributed by atoms with Gasteiger partial charge in [-0.3, -0.25) is 4.68 Å². The molecule has 1 aliphatic heterocycles. The maximum Gasteiger partial charge on any atom is 0.354 e. The zero-order valence-electron chi connectivity index (χ0n) is 15.7. The first-order valence-corrected chi connectivity index (χ1v) is 9.26. The van der Waals surface area contributed by atoms with Gasteiger partial charge in [0, 0.05) is 24.2 Å². The van der Waals surface area contributed by atoms with Crippen LogP contribution >= 0.6 is 0 Å². The van der Waals surface area contributed by atoms with E-state index in [1.54, 1.807) is 10.7 Å². The molecule has 0 saturated heterocycles. The number of hydrogen-bond acceptors (Lipinski definition) is 5. The molecule has 0 amide bonds. The molecule has 5 rings (SSSR count). The van der Waals surface area contributed by atoms with Crippen LogP contribution in [0.2, 0.25) is 0 Å². The molecule has 2 aromatic carbocycles. The lowest BCUT2D eigenvalue weighted by molar-refractivity contribution is 0.0691. The Bertz CT molecular complexity index is 1250.